The molecule has 2 rings (SSSR count). The summed E-state index contributed by atoms with van der Waals surface area (Å²) in [6, 6.07) is 5.63. The number of nitrogens with one attached hydrogen (secondary N) is 1. The molecule has 0 saturated heterocycles. The first kappa shape index (κ1) is 14.7. The predicted molar refractivity (Wildman–Crippen MR) is 77.0 cm³/mol. The largest absolute Gasteiger partial charge is 0.310 e. The SMILES string of the molecule is Cc1nc(C)n(Cc2cc(CNC(C)C)ccc2F)n1. The molecule has 108 valence electrons. The first-order valence-electron chi connectivity index (χ1n) is 6.84. The van der Waals surface area contributed by atoms with Gasteiger partial charge in [0.2, 0.25) is 0 Å². The Morgan fingerprint density at radius 3 is 2.65 bits per heavy atom. The van der Waals surface area contributed by atoms with E-state index in [2.05, 4.69) is 29.2 Å². The number of hydrogen-bond acceptors (Lipinski definition) is 3. The number of aromatic nitrogens is 3. The number of benzene rings is 1. The number of aryl methyl sites for hydroxylation is 2. The molecule has 0 saturated carbocycles. The summed E-state index contributed by atoms with van der Waals surface area (Å²) in [5, 5.41) is 7.60. The van der Waals surface area contributed by atoms with Crippen molar-refractivity contribution in [2.24, 2.45) is 0 Å². The van der Waals surface area contributed by atoms with Crippen molar-refractivity contribution >= 4 is 0 Å². The normalized spacial score (nSPS) is 11.3. The van der Waals surface area contributed by atoms with Crippen LogP contribution in [-0.2, 0) is 13.1 Å². The van der Waals surface area contributed by atoms with E-state index >= 15 is 0 Å². The zero-order valence-corrected chi connectivity index (χ0v) is 12.4. The summed E-state index contributed by atoms with van der Waals surface area (Å²) in [6.45, 7) is 9.04. The Balaban J connectivity index is 2.18. The van der Waals surface area contributed by atoms with E-state index in [1.165, 1.54) is 6.07 Å². The number of halogens is 1. The zero-order valence-electron chi connectivity index (χ0n) is 12.4. The Kier molecular flexibility index (Phi) is 4.49. The maximum Gasteiger partial charge on any atom is 0.147 e. The van der Waals surface area contributed by atoms with Gasteiger partial charge in [-0.1, -0.05) is 19.9 Å². The lowest BCUT2D eigenvalue weighted by atomic mass is 10.1. The molecule has 1 aromatic carbocycles. The Morgan fingerprint density at radius 2 is 2.05 bits per heavy atom. The van der Waals surface area contributed by atoms with Crippen molar-refractivity contribution in [1.29, 1.82) is 0 Å². The van der Waals surface area contributed by atoms with Crippen LogP contribution in [0.2, 0.25) is 0 Å². The number of hydrogen-bond donors (Lipinski definition) is 1. The molecule has 2 aromatic rings. The van der Waals surface area contributed by atoms with Crippen molar-refractivity contribution in [3.63, 3.8) is 0 Å². The molecule has 20 heavy (non-hydrogen) atoms. The molecule has 1 heterocycles. The molecular weight excluding hydrogens is 255 g/mol. The van der Waals surface area contributed by atoms with Gasteiger partial charge in [-0.2, -0.15) is 5.10 Å². The zero-order chi connectivity index (χ0) is 14.7. The summed E-state index contributed by atoms with van der Waals surface area (Å²) in [7, 11) is 0. The smallest absolute Gasteiger partial charge is 0.147 e. The van der Waals surface area contributed by atoms with Crippen LogP contribution >= 0.6 is 0 Å². The van der Waals surface area contributed by atoms with Crippen LogP contribution in [0.5, 0.6) is 0 Å². The Labute approximate surface area is 119 Å². The second kappa shape index (κ2) is 6.13. The first-order chi connectivity index (χ1) is 9.45. The van der Waals surface area contributed by atoms with E-state index in [9.17, 15) is 4.39 Å². The molecule has 0 unspecified atom stereocenters. The lowest BCUT2D eigenvalue weighted by Crippen LogP contribution is -2.22. The van der Waals surface area contributed by atoms with Gasteiger partial charge in [0, 0.05) is 18.2 Å². The molecule has 0 spiro atoms. The monoisotopic (exact) mass is 276 g/mol. The number of rotatable bonds is 5. The van der Waals surface area contributed by atoms with Crippen LogP contribution in [0.3, 0.4) is 0 Å². The quantitative estimate of drug-likeness (QED) is 0.912. The fraction of sp³-hybridized carbons (Fsp3) is 0.467. The van der Waals surface area contributed by atoms with Crippen molar-refractivity contribution in [2.45, 2.75) is 46.8 Å². The second-order valence-corrected chi connectivity index (χ2v) is 5.33. The highest BCUT2D eigenvalue weighted by Crippen LogP contribution is 2.13. The fourth-order valence-electron chi connectivity index (χ4n) is 2.05. The van der Waals surface area contributed by atoms with E-state index in [1.54, 1.807) is 4.68 Å². The van der Waals surface area contributed by atoms with Crippen LogP contribution in [0.15, 0.2) is 18.2 Å². The van der Waals surface area contributed by atoms with Gasteiger partial charge in [-0.15, -0.1) is 0 Å². The minimum Gasteiger partial charge on any atom is -0.310 e. The summed E-state index contributed by atoms with van der Waals surface area (Å²) in [5.41, 5.74) is 1.71. The van der Waals surface area contributed by atoms with E-state index in [4.69, 9.17) is 0 Å². The molecule has 0 aliphatic heterocycles. The van der Waals surface area contributed by atoms with Crippen molar-refractivity contribution in [3.8, 4) is 0 Å². The summed E-state index contributed by atoms with van der Waals surface area (Å²) in [5.74, 6) is 1.30. The third kappa shape index (κ3) is 3.63. The molecule has 0 fully saturated rings. The van der Waals surface area contributed by atoms with Crippen molar-refractivity contribution in [2.75, 3.05) is 0 Å². The summed E-state index contributed by atoms with van der Waals surface area (Å²) in [4.78, 5) is 4.24. The molecule has 1 aromatic heterocycles. The summed E-state index contributed by atoms with van der Waals surface area (Å²) in [6.07, 6.45) is 0. The molecule has 1 N–H and O–H groups in total. The molecule has 4 nitrogen and oxygen atoms in total. The standard InChI is InChI=1S/C15H21FN4/c1-10(2)17-8-13-5-6-15(16)14(7-13)9-20-12(4)18-11(3)19-20/h5-7,10,17H,8-9H2,1-4H3. The first-order valence-corrected chi connectivity index (χ1v) is 6.84. The predicted octanol–water partition coefficient (Wildman–Crippen LogP) is 2.58. The Morgan fingerprint density at radius 1 is 1.30 bits per heavy atom. The van der Waals surface area contributed by atoms with E-state index in [1.807, 2.05) is 26.0 Å². The van der Waals surface area contributed by atoms with Gasteiger partial charge in [0.1, 0.15) is 17.5 Å². The van der Waals surface area contributed by atoms with Gasteiger partial charge in [-0.25, -0.2) is 14.1 Å². The van der Waals surface area contributed by atoms with Gasteiger partial charge in [-0.05, 0) is 31.5 Å². The van der Waals surface area contributed by atoms with Crippen LogP contribution in [0, 0.1) is 19.7 Å². The van der Waals surface area contributed by atoms with Gasteiger partial charge in [0.05, 0.1) is 6.54 Å². The van der Waals surface area contributed by atoms with Gasteiger partial charge >= 0.3 is 0 Å². The van der Waals surface area contributed by atoms with Gasteiger partial charge < -0.3 is 5.32 Å². The molecule has 0 bridgehead atoms. The van der Waals surface area contributed by atoms with E-state index < -0.39 is 0 Å². The Bertz CT molecular complexity index is 590. The van der Waals surface area contributed by atoms with Crippen LogP contribution < -0.4 is 5.32 Å². The van der Waals surface area contributed by atoms with Crippen molar-refractivity contribution < 1.29 is 4.39 Å². The van der Waals surface area contributed by atoms with E-state index in [-0.39, 0.29) is 5.82 Å². The van der Waals surface area contributed by atoms with Crippen molar-refractivity contribution in [3.05, 3.63) is 46.8 Å². The second-order valence-electron chi connectivity index (χ2n) is 5.33. The summed E-state index contributed by atoms with van der Waals surface area (Å²) < 4.78 is 15.6. The third-order valence-corrected chi connectivity index (χ3v) is 3.11. The van der Waals surface area contributed by atoms with Crippen LogP contribution in [0.1, 0.15) is 36.6 Å². The minimum atomic E-state index is -0.203. The average Bonchev–Trinajstić information content (AvgIpc) is 2.68. The molecule has 0 aliphatic rings. The molecular formula is C15H21FN4. The van der Waals surface area contributed by atoms with Crippen molar-refractivity contribution in [1.82, 2.24) is 20.1 Å². The molecule has 0 aliphatic carbocycles. The Hall–Kier alpha value is -1.75. The van der Waals surface area contributed by atoms with Crippen LogP contribution in [-0.4, -0.2) is 20.8 Å². The molecule has 0 radical (unpaired) electrons. The van der Waals surface area contributed by atoms with Gasteiger partial charge in [0.15, 0.2) is 0 Å². The van der Waals surface area contributed by atoms with Gasteiger partial charge in [-0.3, -0.25) is 0 Å². The third-order valence-electron chi connectivity index (χ3n) is 3.11. The average molecular weight is 276 g/mol. The molecule has 0 atom stereocenters. The highest BCUT2D eigenvalue weighted by atomic mass is 19.1. The van der Waals surface area contributed by atoms with Crippen LogP contribution in [0.25, 0.3) is 0 Å². The highest BCUT2D eigenvalue weighted by Gasteiger charge is 2.08. The molecule has 0 amide bonds. The maximum atomic E-state index is 13.9. The minimum absolute atomic E-state index is 0.203. The topological polar surface area (TPSA) is 42.7 Å². The van der Waals surface area contributed by atoms with Crippen LogP contribution in [0.4, 0.5) is 4.39 Å². The fourth-order valence-corrected chi connectivity index (χ4v) is 2.05. The van der Waals surface area contributed by atoms with E-state index in [0.717, 1.165) is 17.9 Å². The molecule has 5 heteroatoms. The number of nitrogens with zero attached hydrogens (tertiary/aromatic N) is 3. The highest BCUT2D eigenvalue weighted by molar-refractivity contribution is 5.25. The van der Waals surface area contributed by atoms with Gasteiger partial charge in [0.25, 0.3) is 0 Å². The lowest BCUT2D eigenvalue weighted by Gasteiger charge is -2.11. The maximum absolute atomic E-state index is 13.9. The summed E-state index contributed by atoms with van der Waals surface area (Å²) >= 11 is 0. The van der Waals surface area contributed by atoms with E-state index in [0.29, 0.717) is 24.0 Å². The lowest BCUT2D eigenvalue weighted by molar-refractivity contribution is 0.568.